The Morgan fingerprint density at radius 2 is 1.71 bits per heavy atom. The molecule has 0 amide bonds. The lowest BCUT2D eigenvalue weighted by molar-refractivity contribution is -0.0376. The van der Waals surface area contributed by atoms with Crippen molar-refractivity contribution in [3.05, 3.63) is 12.2 Å². The lowest BCUT2D eigenvalue weighted by Gasteiger charge is -2.23. The Balaban J connectivity index is 1.29. The molecule has 3 unspecified atom stereocenters. The second-order valence-electron chi connectivity index (χ2n) is 5.82. The zero-order valence-corrected chi connectivity index (χ0v) is 10.6. The summed E-state index contributed by atoms with van der Waals surface area (Å²) in [5, 5.41) is 0. The molecule has 0 aromatic carbocycles. The molecule has 0 aromatic rings. The molecule has 0 saturated heterocycles. The van der Waals surface area contributed by atoms with Crippen molar-refractivity contribution >= 4 is 0 Å². The average molecular weight is 236 g/mol. The fourth-order valence-corrected chi connectivity index (χ4v) is 3.57. The van der Waals surface area contributed by atoms with Gasteiger partial charge < -0.3 is 9.47 Å². The second kappa shape index (κ2) is 5.53. The highest BCUT2D eigenvalue weighted by Gasteiger charge is 2.36. The molecule has 3 aliphatic carbocycles. The first-order chi connectivity index (χ1) is 8.42. The minimum absolute atomic E-state index is 0.486. The largest absolute Gasteiger partial charge is 0.376 e. The van der Waals surface area contributed by atoms with Crippen molar-refractivity contribution in [3.8, 4) is 0 Å². The van der Waals surface area contributed by atoms with E-state index in [1.54, 1.807) is 0 Å². The van der Waals surface area contributed by atoms with E-state index in [0.29, 0.717) is 18.1 Å². The van der Waals surface area contributed by atoms with Crippen LogP contribution < -0.4 is 0 Å². The molecule has 3 rings (SSSR count). The van der Waals surface area contributed by atoms with Crippen molar-refractivity contribution in [1.29, 1.82) is 0 Å². The van der Waals surface area contributed by atoms with Gasteiger partial charge in [0.05, 0.1) is 25.4 Å². The highest BCUT2D eigenvalue weighted by atomic mass is 16.5. The summed E-state index contributed by atoms with van der Waals surface area (Å²) in [6.07, 6.45) is 14.9. The molecule has 0 N–H and O–H groups in total. The Morgan fingerprint density at radius 3 is 2.41 bits per heavy atom. The van der Waals surface area contributed by atoms with Crippen LogP contribution in [-0.4, -0.2) is 25.4 Å². The Bertz CT molecular complexity index is 268. The van der Waals surface area contributed by atoms with Crippen LogP contribution in [0.15, 0.2) is 12.2 Å². The first-order valence-corrected chi connectivity index (χ1v) is 7.33. The zero-order chi connectivity index (χ0) is 11.5. The third kappa shape index (κ3) is 2.92. The van der Waals surface area contributed by atoms with Crippen molar-refractivity contribution in [2.75, 3.05) is 13.2 Å². The molecular formula is C15H24O2. The summed E-state index contributed by atoms with van der Waals surface area (Å²) >= 11 is 0. The highest BCUT2D eigenvalue weighted by molar-refractivity contribution is 5.10. The van der Waals surface area contributed by atoms with Crippen LogP contribution in [0.3, 0.4) is 0 Å². The van der Waals surface area contributed by atoms with Gasteiger partial charge in [-0.15, -0.1) is 0 Å². The fourth-order valence-electron chi connectivity index (χ4n) is 3.57. The number of allylic oxidation sites excluding steroid dienone is 1. The standard InChI is InChI=1S/C15H24O2/c1-2-4-14(5-3-1)16-8-9-17-15-11-12-6-7-13(15)10-12/h6-7,12-15H,1-5,8-11H2. The molecule has 2 saturated carbocycles. The van der Waals surface area contributed by atoms with E-state index in [9.17, 15) is 0 Å². The van der Waals surface area contributed by atoms with Crippen molar-refractivity contribution in [2.24, 2.45) is 11.8 Å². The predicted octanol–water partition coefficient (Wildman–Crippen LogP) is 3.32. The van der Waals surface area contributed by atoms with E-state index in [1.807, 2.05) is 0 Å². The van der Waals surface area contributed by atoms with Crippen molar-refractivity contribution in [1.82, 2.24) is 0 Å². The number of ether oxygens (including phenoxy) is 2. The molecule has 0 aliphatic heterocycles. The maximum atomic E-state index is 5.95. The summed E-state index contributed by atoms with van der Waals surface area (Å²) in [5.41, 5.74) is 0. The highest BCUT2D eigenvalue weighted by Crippen LogP contribution is 2.40. The van der Waals surface area contributed by atoms with Gasteiger partial charge in [0, 0.05) is 5.92 Å². The van der Waals surface area contributed by atoms with Gasteiger partial charge >= 0.3 is 0 Å². The lowest BCUT2D eigenvalue weighted by atomic mass is 9.98. The van der Waals surface area contributed by atoms with Crippen LogP contribution in [0.25, 0.3) is 0 Å². The minimum atomic E-state index is 0.486. The molecule has 2 heteroatoms. The van der Waals surface area contributed by atoms with Crippen LogP contribution in [0.4, 0.5) is 0 Å². The fraction of sp³-hybridized carbons (Fsp3) is 0.867. The molecule has 0 aromatic heterocycles. The first kappa shape index (κ1) is 11.7. The van der Waals surface area contributed by atoms with Gasteiger partial charge in [-0.25, -0.2) is 0 Å². The topological polar surface area (TPSA) is 18.5 Å². The SMILES string of the molecule is C1=CC2CC1CC2OCCOC1CCCCC1. The summed E-state index contributed by atoms with van der Waals surface area (Å²) in [7, 11) is 0. The quantitative estimate of drug-likeness (QED) is 0.538. The molecule has 0 radical (unpaired) electrons. The average Bonchev–Trinajstić information content (AvgIpc) is 2.98. The molecule has 0 heterocycles. The van der Waals surface area contributed by atoms with E-state index in [-0.39, 0.29) is 0 Å². The molecule has 17 heavy (non-hydrogen) atoms. The maximum Gasteiger partial charge on any atom is 0.0704 e. The van der Waals surface area contributed by atoms with E-state index < -0.39 is 0 Å². The summed E-state index contributed by atoms with van der Waals surface area (Å²) in [5.74, 6) is 1.51. The summed E-state index contributed by atoms with van der Waals surface area (Å²) < 4.78 is 11.8. The van der Waals surface area contributed by atoms with Gasteiger partial charge in [-0.05, 0) is 31.6 Å². The Morgan fingerprint density at radius 1 is 0.882 bits per heavy atom. The van der Waals surface area contributed by atoms with Crippen molar-refractivity contribution < 1.29 is 9.47 Å². The van der Waals surface area contributed by atoms with E-state index in [4.69, 9.17) is 9.47 Å². The third-order valence-corrected chi connectivity index (χ3v) is 4.54. The van der Waals surface area contributed by atoms with E-state index >= 15 is 0 Å². The molecule has 2 bridgehead atoms. The van der Waals surface area contributed by atoms with Crippen LogP contribution in [0.1, 0.15) is 44.9 Å². The Labute approximate surface area is 104 Å². The van der Waals surface area contributed by atoms with Crippen molar-refractivity contribution in [2.45, 2.75) is 57.2 Å². The number of hydrogen-bond donors (Lipinski definition) is 0. The molecule has 2 fully saturated rings. The summed E-state index contributed by atoms with van der Waals surface area (Å²) in [4.78, 5) is 0. The van der Waals surface area contributed by atoms with Gasteiger partial charge in [0.1, 0.15) is 0 Å². The molecular weight excluding hydrogens is 212 g/mol. The first-order valence-electron chi connectivity index (χ1n) is 7.33. The van der Waals surface area contributed by atoms with E-state index in [1.165, 1.54) is 44.9 Å². The molecule has 0 spiro atoms. The molecule has 3 aliphatic rings. The molecule has 96 valence electrons. The van der Waals surface area contributed by atoms with E-state index in [2.05, 4.69) is 12.2 Å². The summed E-state index contributed by atoms with van der Waals surface area (Å²) in [6, 6.07) is 0. The van der Waals surface area contributed by atoms with Crippen LogP contribution >= 0.6 is 0 Å². The summed E-state index contributed by atoms with van der Waals surface area (Å²) in [6.45, 7) is 1.58. The van der Waals surface area contributed by atoms with Gasteiger partial charge in [-0.1, -0.05) is 31.4 Å². The van der Waals surface area contributed by atoms with E-state index in [0.717, 1.165) is 19.1 Å². The molecule has 2 nitrogen and oxygen atoms in total. The smallest absolute Gasteiger partial charge is 0.0704 e. The normalized spacial score (nSPS) is 36.8. The van der Waals surface area contributed by atoms with Crippen LogP contribution in [0, 0.1) is 11.8 Å². The third-order valence-electron chi connectivity index (χ3n) is 4.54. The number of hydrogen-bond acceptors (Lipinski definition) is 2. The Hall–Kier alpha value is -0.340. The van der Waals surface area contributed by atoms with Crippen LogP contribution in [-0.2, 0) is 9.47 Å². The number of fused-ring (bicyclic) bond motifs is 2. The van der Waals surface area contributed by atoms with Crippen LogP contribution in [0.5, 0.6) is 0 Å². The number of rotatable bonds is 5. The second-order valence-corrected chi connectivity index (χ2v) is 5.82. The Kier molecular flexibility index (Phi) is 3.82. The van der Waals surface area contributed by atoms with Gasteiger partial charge in [-0.3, -0.25) is 0 Å². The predicted molar refractivity (Wildman–Crippen MR) is 67.9 cm³/mol. The van der Waals surface area contributed by atoms with Crippen LogP contribution in [0.2, 0.25) is 0 Å². The zero-order valence-electron chi connectivity index (χ0n) is 10.6. The van der Waals surface area contributed by atoms with Gasteiger partial charge in [0.15, 0.2) is 0 Å². The van der Waals surface area contributed by atoms with Gasteiger partial charge in [0.2, 0.25) is 0 Å². The van der Waals surface area contributed by atoms with Gasteiger partial charge in [-0.2, -0.15) is 0 Å². The van der Waals surface area contributed by atoms with Gasteiger partial charge in [0.25, 0.3) is 0 Å². The lowest BCUT2D eigenvalue weighted by Crippen LogP contribution is -2.23. The minimum Gasteiger partial charge on any atom is -0.376 e. The maximum absolute atomic E-state index is 5.95. The monoisotopic (exact) mass is 236 g/mol. The molecule has 3 atom stereocenters. The van der Waals surface area contributed by atoms with Crippen molar-refractivity contribution in [3.63, 3.8) is 0 Å².